The van der Waals surface area contributed by atoms with Crippen molar-refractivity contribution in [3.8, 4) is 0 Å². The van der Waals surface area contributed by atoms with Crippen LogP contribution in [0.1, 0.15) is 26.2 Å². The third-order valence-electron chi connectivity index (χ3n) is 2.32. The Morgan fingerprint density at radius 3 is 2.58 bits per heavy atom. The lowest BCUT2D eigenvalue weighted by Crippen LogP contribution is -2.54. The van der Waals surface area contributed by atoms with E-state index in [1.807, 2.05) is 0 Å². The normalized spacial score (nSPS) is 21.7. The van der Waals surface area contributed by atoms with Crippen LogP contribution >= 0.6 is 0 Å². The first kappa shape index (κ1) is 9.48. The summed E-state index contributed by atoms with van der Waals surface area (Å²) in [6.07, 6.45) is 2.31. The van der Waals surface area contributed by atoms with E-state index < -0.39 is 5.72 Å². The Hall–Kier alpha value is -0.610. The molecule has 0 spiro atoms. The van der Waals surface area contributed by atoms with Gasteiger partial charge < -0.3 is 10.0 Å². The summed E-state index contributed by atoms with van der Waals surface area (Å²) < 4.78 is 0. The molecule has 4 nitrogen and oxygen atoms in total. The van der Waals surface area contributed by atoms with Gasteiger partial charge in [0, 0.05) is 13.1 Å². The van der Waals surface area contributed by atoms with Crippen molar-refractivity contribution in [1.82, 2.24) is 4.90 Å². The number of aliphatic hydroxyl groups is 1. The summed E-state index contributed by atoms with van der Waals surface area (Å²) in [7, 11) is 1.69. The zero-order valence-electron chi connectivity index (χ0n) is 7.58. The molecule has 0 aromatic carbocycles. The monoisotopic (exact) mass is 172 g/mol. The molecule has 0 heterocycles. The van der Waals surface area contributed by atoms with Crippen molar-refractivity contribution in [3.63, 3.8) is 0 Å². The molecule has 1 saturated carbocycles. The summed E-state index contributed by atoms with van der Waals surface area (Å²) in [5.74, 6) is -0.368. The first-order valence-electron chi connectivity index (χ1n) is 4.27. The molecule has 1 fully saturated rings. The first-order chi connectivity index (χ1) is 5.49. The summed E-state index contributed by atoms with van der Waals surface area (Å²) in [5, 5.41) is 9.43. The van der Waals surface area contributed by atoms with Crippen molar-refractivity contribution >= 4 is 5.91 Å². The van der Waals surface area contributed by atoms with Crippen LogP contribution in [0, 0.1) is 0 Å². The van der Waals surface area contributed by atoms with Crippen LogP contribution in [-0.2, 0) is 4.79 Å². The second-order valence-electron chi connectivity index (χ2n) is 3.43. The number of likely N-dealkylation sites (N-methyl/N-ethyl adjacent to an activating group) is 1. The van der Waals surface area contributed by atoms with Crippen LogP contribution < -0.4 is 5.73 Å². The maximum absolute atomic E-state index is 11.4. The van der Waals surface area contributed by atoms with Gasteiger partial charge in [-0.25, -0.2) is 0 Å². The van der Waals surface area contributed by atoms with Gasteiger partial charge in [0.15, 0.2) is 5.72 Å². The van der Waals surface area contributed by atoms with Gasteiger partial charge in [0.25, 0.3) is 5.91 Å². The van der Waals surface area contributed by atoms with E-state index in [9.17, 15) is 9.90 Å². The van der Waals surface area contributed by atoms with Gasteiger partial charge in [0.2, 0.25) is 0 Å². The third-order valence-corrected chi connectivity index (χ3v) is 2.32. The molecule has 1 amide bonds. The highest BCUT2D eigenvalue weighted by Gasteiger charge is 2.38. The van der Waals surface area contributed by atoms with Crippen LogP contribution in [0.3, 0.4) is 0 Å². The standard InChI is InChI=1S/C8H16N2O2/c1-3-8(9,12)7(11)10(2)6-4-5-6/h6,12H,3-5,9H2,1-2H3/t8-/m0/s1. The lowest BCUT2D eigenvalue weighted by Gasteiger charge is -2.26. The van der Waals surface area contributed by atoms with Gasteiger partial charge >= 0.3 is 0 Å². The molecule has 1 atom stereocenters. The number of carbonyl (C=O) groups excluding carboxylic acids is 1. The van der Waals surface area contributed by atoms with Crippen LogP contribution in [0.15, 0.2) is 0 Å². The summed E-state index contributed by atoms with van der Waals surface area (Å²) in [5.41, 5.74) is 3.72. The van der Waals surface area contributed by atoms with Crippen LogP contribution in [0.2, 0.25) is 0 Å². The quantitative estimate of drug-likeness (QED) is 0.572. The Labute approximate surface area is 72.3 Å². The molecule has 0 aliphatic heterocycles. The largest absolute Gasteiger partial charge is 0.368 e. The molecule has 70 valence electrons. The maximum Gasteiger partial charge on any atom is 0.269 e. The highest BCUT2D eigenvalue weighted by molar-refractivity contribution is 5.84. The topological polar surface area (TPSA) is 66.6 Å². The van der Waals surface area contributed by atoms with E-state index in [4.69, 9.17) is 5.73 Å². The third kappa shape index (κ3) is 1.76. The zero-order valence-corrected chi connectivity index (χ0v) is 7.58. The fourth-order valence-corrected chi connectivity index (χ4v) is 1.08. The van der Waals surface area contributed by atoms with Gasteiger partial charge in [-0.3, -0.25) is 10.5 Å². The summed E-state index contributed by atoms with van der Waals surface area (Å²) >= 11 is 0. The predicted octanol–water partition coefficient (Wildman–Crippen LogP) is -0.336. The fraction of sp³-hybridized carbons (Fsp3) is 0.875. The van der Waals surface area contributed by atoms with Gasteiger partial charge in [-0.15, -0.1) is 0 Å². The average molecular weight is 172 g/mol. The fourth-order valence-electron chi connectivity index (χ4n) is 1.08. The highest BCUT2D eigenvalue weighted by Crippen LogP contribution is 2.26. The summed E-state index contributed by atoms with van der Waals surface area (Å²) in [4.78, 5) is 13.0. The smallest absolute Gasteiger partial charge is 0.269 e. The Kier molecular flexibility index (Phi) is 2.39. The van der Waals surface area contributed by atoms with Crippen molar-refractivity contribution in [2.45, 2.75) is 38.0 Å². The molecule has 0 aromatic heterocycles. The molecule has 0 aromatic rings. The van der Waals surface area contributed by atoms with Crippen LogP contribution in [0.25, 0.3) is 0 Å². The number of amides is 1. The van der Waals surface area contributed by atoms with Crippen molar-refractivity contribution in [1.29, 1.82) is 0 Å². The van der Waals surface area contributed by atoms with E-state index in [0.717, 1.165) is 12.8 Å². The second kappa shape index (κ2) is 3.03. The minimum absolute atomic E-state index is 0.253. The Morgan fingerprint density at radius 2 is 2.25 bits per heavy atom. The van der Waals surface area contributed by atoms with Gasteiger partial charge in [0.05, 0.1) is 0 Å². The summed E-state index contributed by atoms with van der Waals surface area (Å²) in [6.45, 7) is 1.69. The Morgan fingerprint density at radius 1 is 1.75 bits per heavy atom. The molecule has 12 heavy (non-hydrogen) atoms. The second-order valence-corrected chi connectivity index (χ2v) is 3.43. The number of hydrogen-bond donors (Lipinski definition) is 2. The molecule has 1 rings (SSSR count). The van der Waals surface area contributed by atoms with Crippen molar-refractivity contribution in [2.24, 2.45) is 5.73 Å². The number of nitrogens with two attached hydrogens (primary N) is 1. The van der Waals surface area contributed by atoms with Gasteiger partial charge in [-0.05, 0) is 19.3 Å². The molecule has 0 saturated heterocycles. The SMILES string of the molecule is CC[C@](N)(O)C(=O)N(C)C1CC1. The lowest BCUT2D eigenvalue weighted by atomic mass is 10.1. The van der Waals surface area contributed by atoms with E-state index >= 15 is 0 Å². The van der Waals surface area contributed by atoms with Crippen LogP contribution in [0.4, 0.5) is 0 Å². The van der Waals surface area contributed by atoms with E-state index in [1.54, 1.807) is 18.9 Å². The predicted molar refractivity (Wildman–Crippen MR) is 45.2 cm³/mol. The number of hydrogen-bond acceptors (Lipinski definition) is 3. The lowest BCUT2D eigenvalue weighted by molar-refractivity contribution is -0.150. The van der Waals surface area contributed by atoms with Gasteiger partial charge in [-0.2, -0.15) is 0 Å². The van der Waals surface area contributed by atoms with Crippen LogP contribution in [-0.4, -0.2) is 34.7 Å². The molecular weight excluding hydrogens is 156 g/mol. The molecular formula is C8H16N2O2. The molecule has 1 aliphatic rings. The van der Waals surface area contributed by atoms with E-state index in [2.05, 4.69) is 0 Å². The average Bonchev–Trinajstić information content (AvgIpc) is 2.84. The van der Waals surface area contributed by atoms with Crippen LogP contribution in [0.5, 0.6) is 0 Å². The Balaban J connectivity index is 2.55. The minimum Gasteiger partial charge on any atom is -0.368 e. The highest BCUT2D eigenvalue weighted by atomic mass is 16.3. The molecule has 1 aliphatic carbocycles. The Bertz CT molecular complexity index is 187. The molecule has 4 heteroatoms. The van der Waals surface area contributed by atoms with E-state index in [0.29, 0.717) is 6.04 Å². The molecule has 0 unspecified atom stereocenters. The minimum atomic E-state index is -1.67. The number of rotatable bonds is 3. The summed E-state index contributed by atoms with van der Waals surface area (Å²) in [6, 6.07) is 0.305. The van der Waals surface area contributed by atoms with E-state index in [1.165, 1.54) is 0 Å². The number of carbonyl (C=O) groups is 1. The van der Waals surface area contributed by atoms with Crippen molar-refractivity contribution in [3.05, 3.63) is 0 Å². The van der Waals surface area contributed by atoms with Gasteiger partial charge in [0.1, 0.15) is 0 Å². The van der Waals surface area contributed by atoms with Crippen molar-refractivity contribution in [2.75, 3.05) is 7.05 Å². The van der Waals surface area contributed by atoms with Crippen molar-refractivity contribution < 1.29 is 9.90 Å². The molecule has 0 bridgehead atoms. The maximum atomic E-state index is 11.4. The molecule has 3 N–H and O–H groups in total. The van der Waals surface area contributed by atoms with Gasteiger partial charge in [-0.1, -0.05) is 6.92 Å². The first-order valence-corrected chi connectivity index (χ1v) is 4.27. The molecule has 0 radical (unpaired) electrons. The number of nitrogens with zero attached hydrogens (tertiary/aromatic N) is 1. The zero-order chi connectivity index (χ0) is 9.35. The van der Waals surface area contributed by atoms with E-state index in [-0.39, 0.29) is 12.3 Å².